The number of esters is 1. The second-order valence-electron chi connectivity index (χ2n) is 9.69. The fourth-order valence-electron chi connectivity index (χ4n) is 4.48. The van der Waals surface area contributed by atoms with Crippen molar-refractivity contribution in [1.82, 2.24) is 9.55 Å². The maximum Gasteiger partial charge on any atom is 0.347 e. The van der Waals surface area contributed by atoms with Crippen LogP contribution in [-0.4, -0.2) is 55.1 Å². The highest BCUT2D eigenvalue weighted by Gasteiger charge is 2.35. The number of nitrogens with zero attached hydrogens (tertiary/aromatic N) is 2. The molecule has 0 N–H and O–H groups in total. The molecule has 0 aliphatic carbocycles. The van der Waals surface area contributed by atoms with Crippen LogP contribution in [0.25, 0.3) is 11.0 Å². The predicted molar refractivity (Wildman–Crippen MR) is 142 cm³/mol. The van der Waals surface area contributed by atoms with Gasteiger partial charge in [-0.05, 0) is 56.9 Å². The van der Waals surface area contributed by atoms with E-state index in [0.717, 1.165) is 12.0 Å². The minimum absolute atomic E-state index is 0.0529. The molecule has 1 aliphatic heterocycles. The highest BCUT2D eigenvalue weighted by molar-refractivity contribution is 6.39. The lowest BCUT2D eigenvalue weighted by molar-refractivity contribution is -0.139. The third-order valence-corrected chi connectivity index (χ3v) is 6.33. The van der Waals surface area contributed by atoms with E-state index in [9.17, 15) is 14.0 Å². The molecule has 1 fully saturated rings. The molecule has 1 saturated heterocycles. The summed E-state index contributed by atoms with van der Waals surface area (Å²) < 4.78 is 37.7. The molecule has 2 aromatic heterocycles. The Kier molecular flexibility index (Phi) is 8.52. The molecule has 2 radical (unpaired) electrons. The van der Waals surface area contributed by atoms with Crippen LogP contribution in [0, 0.1) is 5.82 Å². The van der Waals surface area contributed by atoms with Crippen molar-refractivity contribution in [1.29, 1.82) is 0 Å². The Balaban J connectivity index is 1.92. The molecule has 10 heteroatoms. The summed E-state index contributed by atoms with van der Waals surface area (Å²) in [7, 11) is 6.68. The van der Waals surface area contributed by atoms with Gasteiger partial charge in [0.15, 0.2) is 17.1 Å². The second kappa shape index (κ2) is 11.7. The van der Waals surface area contributed by atoms with E-state index in [2.05, 4.69) is 4.98 Å². The number of ether oxygens (including phenoxy) is 4. The van der Waals surface area contributed by atoms with E-state index in [4.69, 9.17) is 26.8 Å². The summed E-state index contributed by atoms with van der Waals surface area (Å²) in [6.45, 7) is 7.96. The lowest BCUT2D eigenvalue weighted by Crippen LogP contribution is -2.36. The van der Waals surface area contributed by atoms with E-state index in [1.165, 1.54) is 16.7 Å². The van der Waals surface area contributed by atoms with Crippen LogP contribution in [-0.2, 0) is 27.2 Å². The number of carbonyl (C=O) groups excluding carboxylic acids is 1. The molecule has 4 rings (SSSR count). The molecule has 1 aromatic carbocycles. The van der Waals surface area contributed by atoms with Crippen molar-refractivity contribution in [2.24, 2.45) is 0 Å². The molecule has 1 atom stereocenters. The smallest absolute Gasteiger partial charge is 0.347 e. The van der Waals surface area contributed by atoms with Crippen LogP contribution in [0.3, 0.4) is 0 Å². The summed E-state index contributed by atoms with van der Waals surface area (Å²) in [5.74, 6) is -1.89. The van der Waals surface area contributed by atoms with Gasteiger partial charge in [0.2, 0.25) is 0 Å². The Morgan fingerprint density at radius 3 is 2.63 bits per heavy atom. The fraction of sp³-hybridized carbons (Fsp3) is 0.464. The normalized spacial score (nSPS) is 16.6. The molecule has 1 aliphatic rings. The van der Waals surface area contributed by atoms with Crippen molar-refractivity contribution < 1.29 is 28.1 Å². The number of rotatable bonds is 10. The zero-order chi connectivity index (χ0) is 27.4. The first-order valence-electron chi connectivity index (χ1n) is 12.8. The Hall–Kier alpha value is -3.24. The van der Waals surface area contributed by atoms with Crippen molar-refractivity contribution in [2.45, 2.75) is 65.4 Å². The summed E-state index contributed by atoms with van der Waals surface area (Å²) in [4.78, 5) is 31.6. The molecule has 38 heavy (non-hydrogen) atoms. The molecular weight excluding hydrogens is 490 g/mol. The number of hydrogen-bond donors (Lipinski definition) is 0. The fourth-order valence-corrected chi connectivity index (χ4v) is 4.48. The minimum Gasteiger partial charge on any atom is -0.490 e. The van der Waals surface area contributed by atoms with Crippen LogP contribution in [0.1, 0.15) is 62.0 Å². The van der Waals surface area contributed by atoms with Gasteiger partial charge in [-0.2, -0.15) is 0 Å². The van der Waals surface area contributed by atoms with Crippen molar-refractivity contribution in [2.75, 3.05) is 19.8 Å². The number of halogens is 1. The molecule has 3 heterocycles. The number of hydrogen-bond acceptors (Lipinski definition) is 7. The second-order valence-corrected chi connectivity index (χ2v) is 9.69. The Bertz CT molecular complexity index is 1370. The largest absolute Gasteiger partial charge is 0.490 e. The predicted octanol–water partition coefficient (Wildman–Crippen LogP) is 3.43. The Labute approximate surface area is 222 Å². The SMILES string of the molecule is [B]c1c(Cc2ccc(F)cc2)cnc2c(OCCCC)c(C(=O)OCC)c(=O)n(C[C@@H]3COC(C)(C)O3)c12. The number of aromatic nitrogens is 2. The lowest BCUT2D eigenvalue weighted by Gasteiger charge is -2.22. The first-order chi connectivity index (χ1) is 18.1. The first kappa shape index (κ1) is 27.8. The van der Waals surface area contributed by atoms with Crippen LogP contribution in [0.5, 0.6) is 5.75 Å². The zero-order valence-corrected chi connectivity index (χ0v) is 22.2. The Morgan fingerprint density at radius 2 is 2.00 bits per heavy atom. The quantitative estimate of drug-likeness (QED) is 0.229. The average molecular weight is 522 g/mol. The van der Waals surface area contributed by atoms with Gasteiger partial charge in [0.05, 0.1) is 31.9 Å². The molecular formula is C28H32BFN2O6. The van der Waals surface area contributed by atoms with Crippen LogP contribution in [0.15, 0.2) is 35.3 Å². The van der Waals surface area contributed by atoms with E-state index in [-0.39, 0.29) is 49.0 Å². The topological polar surface area (TPSA) is 88.9 Å². The van der Waals surface area contributed by atoms with Crippen LogP contribution in [0.2, 0.25) is 0 Å². The van der Waals surface area contributed by atoms with Crippen molar-refractivity contribution in [3.05, 3.63) is 63.3 Å². The van der Waals surface area contributed by atoms with Gasteiger partial charge in [-0.25, -0.2) is 9.18 Å². The molecule has 0 spiro atoms. The molecule has 0 unspecified atom stereocenters. The van der Waals surface area contributed by atoms with Crippen molar-refractivity contribution >= 4 is 30.3 Å². The van der Waals surface area contributed by atoms with Gasteiger partial charge in [-0.3, -0.25) is 9.78 Å². The van der Waals surface area contributed by atoms with E-state index >= 15 is 0 Å². The van der Waals surface area contributed by atoms with Crippen LogP contribution < -0.4 is 15.8 Å². The van der Waals surface area contributed by atoms with Gasteiger partial charge in [0, 0.05) is 6.20 Å². The summed E-state index contributed by atoms with van der Waals surface area (Å²) >= 11 is 0. The lowest BCUT2D eigenvalue weighted by atomic mass is 9.86. The number of pyridine rings is 2. The maximum absolute atomic E-state index is 13.9. The van der Waals surface area contributed by atoms with E-state index < -0.39 is 23.4 Å². The van der Waals surface area contributed by atoms with Gasteiger partial charge in [0.1, 0.15) is 25.3 Å². The standard InChI is InChI=1S/C28H32BFN2O6/c1-5-7-12-36-25-21(27(34)35-6-2)26(33)32(15-20-16-37-28(3,4)38-20)24-22(29)18(14-31-23(24)25)13-17-8-10-19(30)11-9-17/h8-11,14,20H,5-7,12-13,15-16H2,1-4H3/t20-/m1/s1. The molecule has 0 bridgehead atoms. The zero-order valence-electron chi connectivity index (χ0n) is 22.2. The molecule has 8 nitrogen and oxygen atoms in total. The monoisotopic (exact) mass is 522 g/mol. The molecule has 0 amide bonds. The summed E-state index contributed by atoms with van der Waals surface area (Å²) in [6, 6.07) is 6.09. The van der Waals surface area contributed by atoms with Gasteiger partial charge < -0.3 is 23.5 Å². The maximum atomic E-state index is 13.9. The van der Waals surface area contributed by atoms with Gasteiger partial charge >= 0.3 is 5.97 Å². The van der Waals surface area contributed by atoms with Crippen molar-refractivity contribution in [3.63, 3.8) is 0 Å². The number of benzene rings is 1. The summed E-state index contributed by atoms with van der Waals surface area (Å²) in [6.07, 6.45) is 3.07. The van der Waals surface area contributed by atoms with Gasteiger partial charge in [-0.15, -0.1) is 0 Å². The Morgan fingerprint density at radius 1 is 1.26 bits per heavy atom. The van der Waals surface area contributed by atoms with E-state index in [1.54, 1.807) is 39.1 Å². The molecule has 200 valence electrons. The third-order valence-electron chi connectivity index (χ3n) is 6.33. The molecule has 3 aromatic rings. The van der Waals surface area contributed by atoms with Gasteiger partial charge in [-0.1, -0.05) is 30.9 Å². The highest BCUT2D eigenvalue weighted by Crippen LogP contribution is 2.29. The highest BCUT2D eigenvalue weighted by atomic mass is 19.1. The molecule has 0 saturated carbocycles. The minimum atomic E-state index is -0.811. The first-order valence-corrected chi connectivity index (χ1v) is 12.8. The number of carbonyl (C=O) groups is 1. The van der Waals surface area contributed by atoms with Crippen molar-refractivity contribution in [3.8, 4) is 5.75 Å². The van der Waals surface area contributed by atoms with E-state index in [1.807, 2.05) is 6.92 Å². The van der Waals surface area contributed by atoms with Gasteiger partial charge in [0.25, 0.3) is 5.56 Å². The van der Waals surface area contributed by atoms with Crippen LogP contribution in [0.4, 0.5) is 4.39 Å². The number of fused-ring (bicyclic) bond motifs is 1. The summed E-state index contributed by atoms with van der Waals surface area (Å²) in [5, 5.41) is 0. The van der Waals surface area contributed by atoms with E-state index in [0.29, 0.717) is 29.4 Å². The number of unbranched alkanes of at least 4 members (excludes halogenated alkanes) is 1. The third kappa shape index (κ3) is 5.91. The van der Waals surface area contributed by atoms with Crippen LogP contribution >= 0.6 is 0 Å². The summed E-state index contributed by atoms with van der Waals surface area (Å²) in [5.41, 5.74) is 1.56. The average Bonchev–Trinajstić information content (AvgIpc) is 3.22.